The first-order valence-corrected chi connectivity index (χ1v) is 22.2. The predicted octanol–water partition coefficient (Wildman–Crippen LogP) is 17.5. The maximum absolute atomic E-state index is 6.26. The SMILES string of the molecule is c1cc(-c2ccc(N(c3ccc(-c4ccc5c(c4)oc4ccccc45)cc3)c3ccc4c(ccc5ccccc54)c3)cc2)cc(-c2cccc(-n3c4ccccc4c4ccccc43)c2)c1. The van der Waals surface area contributed by atoms with Crippen LogP contribution in [0.25, 0.3) is 104 Å². The quantitative estimate of drug-likeness (QED) is 0.149. The van der Waals surface area contributed by atoms with E-state index in [1.807, 2.05) is 12.1 Å². The van der Waals surface area contributed by atoms with Gasteiger partial charge in [-0.05, 0) is 140 Å². The number of fused-ring (bicyclic) bond motifs is 9. The zero-order valence-electron chi connectivity index (χ0n) is 35.4. The van der Waals surface area contributed by atoms with E-state index in [2.05, 4.69) is 240 Å². The van der Waals surface area contributed by atoms with Gasteiger partial charge in [0, 0.05) is 44.3 Å². The number of anilines is 3. The lowest BCUT2D eigenvalue weighted by Crippen LogP contribution is -2.09. The largest absolute Gasteiger partial charge is 0.456 e. The van der Waals surface area contributed by atoms with Gasteiger partial charge in [-0.3, -0.25) is 0 Å². The fourth-order valence-corrected chi connectivity index (χ4v) is 10.0. The third kappa shape index (κ3) is 6.28. The van der Waals surface area contributed by atoms with Gasteiger partial charge in [0.15, 0.2) is 0 Å². The van der Waals surface area contributed by atoms with Gasteiger partial charge in [-0.1, -0.05) is 158 Å². The fourth-order valence-electron chi connectivity index (χ4n) is 10.0. The molecule has 65 heavy (non-hydrogen) atoms. The van der Waals surface area contributed by atoms with Gasteiger partial charge in [0.2, 0.25) is 0 Å². The lowest BCUT2D eigenvalue weighted by Gasteiger charge is -2.26. The highest BCUT2D eigenvalue weighted by atomic mass is 16.3. The van der Waals surface area contributed by atoms with Crippen LogP contribution in [-0.4, -0.2) is 4.57 Å². The molecule has 0 aliphatic carbocycles. The summed E-state index contributed by atoms with van der Waals surface area (Å²) in [6, 6.07) is 87.8. The Labute approximate surface area is 376 Å². The molecule has 0 fully saturated rings. The Morgan fingerprint density at radius 2 is 0.769 bits per heavy atom. The third-order valence-corrected chi connectivity index (χ3v) is 13.2. The molecule has 0 bridgehead atoms. The molecule has 13 aromatic rings. The first-order chi connectivity index (χ1) is 32.2. The van der Waals surface area contributed by atoms with Crippen LogP contribution in [0.3, 0.4) is 0 Å². The number of rotatable bonds is 7. The van der Waals surface area contributed by atoms with E-state index < -0.39 is 0 Å². The highest BCUT2D eigenvalue weighted by molar-refractivity contribution is 6.10. The van der Waals surface area contributed by atoms with Gasteiger partial charge in [0.25, 0.3) is 0 Å². The summed E-state index contributed by atoms with van der Waals surface area (Å²) in [6.07, 6.45) is 0. The van der Waals surface area contributed by atoms with E-state index in [1.54, 1.807) is 0 Å². The van der Waals surface area contributed by atoms with Crippen molar-refractivity contribution >= 4 is 82.4 Å². The second-order valence-electron chi connectivity index (χ2n) is 16.9. The number of benzene rings is 11. The zero-order chi connectivity index (χ0) is 42.8. The summed E-state index contributed by atoms with van der Waals surface area (Å²) in [6.45, 7) is 0. The molecule has 13 rings (SSSR count). The van der Waals surface area contributed by atoms with Crippen molar-refractivity contribution in [2.24, 2.45) is 0 Å². The molecular formula is C62H40N2O. The summed E-state index contributed by atoms with van der Waals surface area (Å²) in [5.41, 5.74) is 15.6. The number of hydrogen-bond acceptors (Lipinski definition) is 2. The lowest BCUT2D eigenvalue weighted by molar-refractivity contribution is 0.669. The standard InChI is InChI=1S/C62H40N2O/c1-2-16-53-43(11-1)23-24-48-39-52(34-36-54(48)53)63(50-32-27-42(28-33-50)47-29-35-58-57-19-5-8-22-61(57)65-62(58)40-47)49-30-25-41(26-31-49)44-12-9-13-45(37-44)46-14-10-15-51(38-46)64-59-20-6-3-17-55(59)56-18-4-7-21-60(56)64/h1-40H. The molecule has 0 aliphatic rings. The molecule has 0 spiro atoms. The number of hydrogen-bond donors (Lipinski definition) is 0. The van der Waals surface area contributed by atoms with Crippen LogP contribution in [0.4, 0.5) is 17.1 Å². The van der Waals surface area contributed by atoms with Gasteiger partial charge in [-0.2, -0.15) is 0 Å². The van der Waals surface area contributed by atoms with Crippen LogP contribution in [0, 0.1) is 0 Å². The van der Waals surface area contributed by atoms with Gasteiger partial charge in [0.05, 0.1) is 11.0 Å². The van der Waals surface area contributed by atoms with Crippen molar-refractivity contribution in [2.45, 2.75) is 0 Å². The van der Waals surface area contributed by atoms with Crippen LogP contribution in [0.1, 0.15) is 0 Å². The molecule has 3 heteroatoms. The van der Waals surface area contributed by atoms with E-state index >= 15 is 0 Å². The Morgan fingerprint density at radius 3 is 1.49 bits per heavy atom. The number of aromatic nitrogens is 1. The van der Waals surface area contributed by atoms with Gasteiger partial charge in [-0.15, -0.1) is 0 Å². The molecule has 0 saturated carbocycles. The summed E-state index contributed by atoms with van der Waals surface area (Å²) >= 11 is 0. The Morgan fingerprint density at radius 1 is 0.277 bits per heavy atom. The zero-order valence-corrected chi connectivity index (χ0v) is 35.4. The van der Waals surface area contributed by atoms with Gasteiger partial charge in [-0.25, -0.2) is 0 Å². The molecular weight excluding hydrogens is 789 g/mol. The molecule has 0 N–H and O–H groups in total. The second-order valence-corrected chi connectivity index (χ2v) is 16.9. The maximum atomic E-state index is 6.26. The van der Waals surface area contributed by atoms with Crippen LogP contribution < -0.4 is 4.90 Å². The minimum atomic E-state index is 0.900. The van der Waals surface area contributed by atoms with Crippen LogP contribution in [0.5, 0.6) is 0 Å². The highest BCUT2D eigenvalue weighted by Gasteiger charge is 2.17. The average molecular weight is 829 g/mol. The Hall–Kier alpha value is -8.66. The first kappa shape index (κ1) is 36.9. The Balaban J connectivity index is 0.861. The van der Waals surface area contributed by atoms with Crippen molar-refractivity contribution in [3.05, 3.63) is 243 Å². The van der Waals surface area contributed by atoms with Crippen LogP contribution in [0.2, 0.25) is 0 Å². The summed E-state index contributed by atoms with van der Waals surface area (Å²) < 4.78 is 8.64. The van der Waals surface area contributed by atoms with E-state index in [4.69, 9.17) is 4.42 Å². The molecule has 0 amide bonds. The van der Waals surface area contributed by atoms with Gasteiger partial charge < -0.3 is 13.9 Å². The first-order valence-electron chi connectivity index (χ1n) is 22.2. The average Bonchev–Trinajstić information content (AvgIpc) is 3.92. The monoisotopic (exact) mass is 828 g/mol. The van der Waals surface area contributed by atoms with Crippen molar-refractivity contribution in [1.82, 2.24) is 4.57 Å². The van der Waals surface area contributed by atoms with Crippen molar-refractivity contribution in [3.8, 4) is 39.1 Å². The summed E-state index contributed by atoms with van der Waals surface area (Å²) in [5, 5.41) is 9.77. The van der Waals surface area contributed by atoms with Gasteiger partial charge in [0.1, 0.15) is 11.2 Å². The Bertz CT molecular complexity index is 3900. The number of nitrogens with zero attached hydrogens (tertiary/aromatic N) is 2. The molecule has 0 saturated heterocycles. The molecule has 11 aromatic carbocycles. The summed E-state index contributed by atoms with van der Waals surface area (Å²) in [4.78, 5) is 2.36. The van der Waals surface area contributed by atoms with E-state index in [9.17, 15) is 0 Å². The maximum Gasteiger partial charge on any atom is 0.136 e. The summed E-state index contributed by atoms with van der Waals surface area (Å²) in [7, 11) is 0. The van der Waals surface area contributed by atoms with Crippen LogP contribution >= 0.6 is 0 Å². The van der Waals surface area contributed by atoms with Crippen molar-refractivity contribution < 1.29 is 4.42 Å². The van der Waals surface area contributed by atoms with E-state index in [0.29, 0.717) is 0 Å². The molecule has 0 unspecified atom stereocenters. The van der Waals surface area contributed by atoms with Crippen molar-refractivity contribution in [2.75, 3.05) is 4.90 Å². The molecule has 3 nitrogen and oxygen atoms in total. The van der Waals surface area contributed by atoms with E-state index in [1.165, 1.54) is 60.0 Å². The van der Waals surface area contributed by atoms with Crippen LogP contribution in [0.15, 0.2) is 247 Å². The molecule has 2 heterocycles. The van der Waals surface area contributed by atoms with E-state index in [0.717, 1.165) is 61.4 Å². The summed E-state index contributed by atoms with van der Waals surface area (Å²) in [5.74, 6) is 0. The lowest BCUT2D eigenvalue weighted by atomic mass is 9.98. The smallest absolute Gasteiger partial charge is 0.136 e. The topological polar surface area (TPSA) is 21.3 Å². The molecule has 2 aromatic heterocycles. The number of furan rings is 1. The highest BCUT2D eigenvalue weighted by Crippen LogP contribution is 2.41. The molecule has 0 aliphatic heterocycles. The minimum absolute atomic E-state index is 0.900. The van der Waals surface area contributed by atoms with Crippen molar-refractivity contribution in [3.63, 3.8) is 0 Å². The normalized spacial score (nSPS) is 11.7. The molecule has 0 atom stereocenters. The van der Waals surface area contributed by atoms with Crippen molar-refractivity contribution in [1.29, 1.82) is 0 Å². The second kappa shape index (κ2) is 15.0. The number of para-hydroxylation sites is 3. The van der Waals surface area contributed by atoms with E-state index in [-0.39, 0.29) is 0 Å². The molecule has 304 valence electrons. The molecule has 0 radical (unpaired) electrons. The third-order valence-electron chi connectivity index (χ3n) is 13.2. The van der Waals surface area contributed by atoms with Gasteiger partial charge >= 0.3 is 0 Å². The fraction of sp³-hybridized carbons (Fsp3) is 0. The van der Waals surface area contributed by atoms with Crippen LogP contribution in [-0.2, 0) is 0 Å². The minimum Gasteiger partial charge on any atom is -0.456 e. The Kier molecular flexibility index (Phi) is 8.53. The predicted molar refractivity (Wildman–Crippen MR) is 274 cm³/mol.